The lowest BCUT2D eigenvalue weighted by Crippen LogP contribution is -2.56. The maximum absolute atomic E-state index is 12.7. The van der Waals surface area contributed by atoms with Crippen molar-refractivity contribution in [3.8, 4) is 12.3 Å². The van der Waals surface area contributed by atoms with Gasteiger partial charge in [-0.1, -0.05) is 19.8 Å². The number of carbonyl (C=O) groups excluding carboxylic acids is 1. The number of carbonyl (C=O) groups is 1. The van der Waals surface area contributed by atoms with E-state index in [1.807, 2.05) is 0 Å². The van der Waals surface area contributed by atoms with Crippen molar-refractivity contribution in [2.75, 3.05) is 13.7 Å². The average molecular weight is 373 g/mol. The van der Waals surface area contributed by atoms with Gasteiger partial charge in [-0.15, -0.1) is 6.42 Å². The Morgan fingerprint density at radius 3 is 2.52 bits per heavy atom. The van der Waals surface area contributed by atoms with E-state index in [1.165, 1.54) is 32.1 Å². The molecule has 3 heteroatoms. The summed E-state index contributed by atoms with van der Waals surface area (Å²) in [4.78, 5) is 12.7. The minimum Gasteiger partial charge on any atom is -0.378 e. The van der Waals surface area contributed by atoms with Crippen LogP contribution in [0.15, 0.2) is 0 Å². The van der Waals surface area contributed by atoms with Gasteiger partial charge in [0.25, 0.3) is 0 Å². The molecule has 0 bridgehead atoms. The zero-order valence-corrected chi connectivity index (χ0v) is 17.3. The number of hydrogen-bond acceptors (Lipinski definition) is 3. The second kappa shape index (κ2) is 6.60. The van der Waals surface area contributed by atoms with Crippen LogP contribution in [0.1, 0.15) is 71.6 Å². The molecule has 4 aliphatic rings. The second-order valence-corrected chi connectivity index (χ2v) is 10.6. The zero-order valence-electron chi connectivity index (χ0n) is 17.3. The lowest BCUT2D eigenvalue weighted by Gasteiger charge is -2.61. The first-order valence-electron chi connectivity index (χ1n) is 11.0. The third-order valence-corrected chi connectivity index (χ3v) is 9.67. The van der Waals surface area contributed by atoms with E-state index in [9.17, 15) is 9.90 Å². The van der Waals surface area contributed by atoms with Crippen LogP contribution in [0.3, 0.4) is 0 Å². The van der Waals surface area contributed by atoms with Crippen molar-refractivity contribution < 1.29 is 14.6 Å². The molecular weight excluding hydrogens is 336 g/mol. The number of rotatable bonds is 3. The van der Waals surface area contributed by atoms with Crippen molar-refractivity contribution in [1.82, 2.24) is 0 Å². The Kier molecular flexibility index (Phi) is 4.76. The number of hydrogen-bond donors (Lipinski definition) is 1. The van der Waals surface area contributed by atoms with Gasteiger partial charge in [0.1, 0.15) is 12.2 Å². The summed E-state index contributed by atoms with van der Waals surface area (Å²) in [7, 11) is 1.63. The molecule has 1 N–H and O–H groups in total. The number of Topliss-reactive ketones (excluding diaryl/α,β-unsaturated/α-hetero) is 1. The van der Waals surface area contributed by atoms with Gasteiger partial charge < -0.3 is 9.84 Å². The number of ether oxygens (including phenoxy) is 1. The molecule has 3 nitrogen and oxygen atoms in total. The molecule has 0 heterocycles. The third-order valence-electron chi connectivity index (χ3n) is 9.67. The van der Waals surface area contributed by atoms with Crippen molar-refractivity contribution in [3.05, 3.63) is 0 Å². The molecule has 150 valence electrons. The largest absolute Gasteiger partial charge is 0.378 e. The Bertz CT molecular complexity index is 651. The van der Waals surface area contributed by atoms with E-state index < -0.39 is 5.60 Å². The fourth-order valence-corrected chi connectivity index (χ4v) is 8.15. The average Bonchev–Trinajstić information content (AvgIpc) is 3.00. The molecule has 2 unspecified atom stereocenters. The van der Waals surface area contributed by atoms with Crippen molar-refractivity contribution in [1.29, 1.82) is 0 Å². The molecule has 0 aromatic heterocycles. The van der Waals surface area contributed by atoms with Gasteiger partial charge in [-0.25, -0.2) is 0 Å². The molecule has 8 atom stereocenters. The minimum atomic E-state index is -0.884. The van der Waals surface area contributed by atoms with Crippen LogP contribution in [-0.4, -0.2) is 30.2 Å². The molecule has 0 radical (unpaired) electrons. The van der Waals surface area contributed by atoms with Gasteiger partial charge in [-0.2, -0.15) is 0 Å². The first-order valence-corrected chi connectivity index (χ1v) is 11.0. The quantitative estimate of drug-likeness (QED) is 0.754. The van der Waals surface area contributed by atoms with Gasteiger partial charge in [0.15, 0.2) is 5.78 Å². The summed E-state index contributed by atoms with van der Waals surface area (Å²) in [6.45, 7) is 5.15. The summed E-state index contributed by atoms with van der Waals surface area (Å²) >= 11 is 0. The van der Waals surface area contributed by atoms with Gasteiger partial charge >= 0.3 is 0 Å². The molecule has 27 heavy (non-hydrogen) atoms. The Hall–Kier alpha value is -0.850. The van der Waals surface area contributed by atoms with Crippen molar-refractivity contribution in [2.24, 2.45) is 40.4 Å². The van der Waals surface area contributed by atoms with E-state index in [4.69, 9.17) is 11.2 Å². The Morgan fingerprint density at radius 2 is 1.81 bits per heavy atom. The van der Waals surface area contributed by atoms with Gasteiger partial charge in [0, 0.05) is 13.0 Å². The molecule has 4 fully saturated rings. The van der Waals surface area contributed by atoms with Gasteiger partial charge in [-0.3, -0.25) is 4.79 Å². The monoisotopic (exact) mass is 372 g/mol. The van der Waals surface area contributed by atoms with E-state index in [0.29, 0.717) is 23.0 Å². The highest BCUT2D eigenvalue weighted by Crippen LogP contribution is 2.68. The summed E-state index contributed by atoms with van der Waals surface area (Å²) in [6.07, 6.45) is 15.3. The van der Waals surface area contributed by atoms with Crippen molar-refractivity contribution >= 4 is 5.78 Å². The van der Waals surface area contributed by atoms with Crippen LogP contribution in [0.5, 0.6) is 0 Å². The smallest absolute Gasteiger partial charge is 0.162 e. The predicted octanol–water partition coefficient (Wildman–Crippen LogP) is 4.23. The molecule has 4 saturated carbocycles. The van der Waals surface area contributed by atoms with Crippen molar-refractivity contribution in [3.63, 3.8) is 0 Å². The van der Waals surface area contributed by atoms with E-state index in [2.05, 4.69) is 19.8 Å². The maximum atomic E-state index is 12.7. The maximum Gasteiger partial charge on any atom is 0.162 e. The van der Waals surface area contributed by atoms with Crippen LogP contribution in [0, 0.1) is 52.8 Å². The number of ketones is 1. The fraction of sp³-hybridized carbons (Fsp3) is 0.875. The van der Waals surface area contributed by atoms with Gasteiger partial charge in [-0.05, 0) is 92.3 Å². The van der Waals surface area contributed by atoms with E-state index >= 15 is 0 Å². The fourth-order valence-electron chi connectivity index (χ4n) is 8.15. The Balaban J connectivity index is 1.56. The van der Waals surface area contributed by atoms with Crippen LogP contribution in [0.4, 0.5) is 0 Å². The predicted molar refractivity (Wildman–Crippen MR) is 106 cm³/mol. The van der Waals surface area contributed by atoms with Crippen LogP contribution >= 0.6 is 0 Å². The SMILES string of the molecule is C#CC1(O)CC[C@@]2(C)C(CC[C@H]3[C@@H]4CC[C@H](C(=O)COC)[C@@]4(C)CC[C@@H]32)C1. The van der Waals surface area contributed by atoms with Crippen LogP contribution in [0.25, 0.3) is 0 Å². The number of fused-ring (bicyclic) bond motifs is 5. The normalized spacial score (nSPS) is 51.6. The van der Waals surface area contributed by atoms with Gasteiger partial charge in [0.2, 0.25) is 0 Å². The standard InChI is InChI=1S/C24H36O3/c1-5-24(26)13-12-22(2)16(14-24)6-7-17-18-8-9-20(21(25)15-27-4)23(18,3)11-10-19(17)22/h1,16-20,26H,6-15H2,2-4H3/t16?,17-,18-,19-,20+,22-,23-,24?/m0/s1. The third kappa shape index (κ3) is 2.82. The summed E-state index contributed by atoms with van der Waals surface area (Å²) in [6, 6.07) is 0. The van der Waals surface area contributed by atoms with E-state index in [1.54, 1.807) is 7.11 Å². The first-order chi connectivity index (χ1) is 12.8. The number of methoxy groups -OCH3 is 1. The van der Waals surface area contributed by atoms with E-state index in [-0.39, 0.29) is 17.9 Å². The lowest BCUT2D eigenvalue weighted by molar-refractivity contribution is -0.146. The summed E-state index contributed by atoms with van der Waals surface area (Å²) in [5.41, 5.74) is -0.415. The van der Waals surface area contributed by atoms with Crippen LogP contribution in [-0.2, 0) is 9.53 Å². The summed E-state index contributed by atoms with van der Waals surface area (Å²) in [5, 5.41) is 10.7. The molecule has 0 amide bonds. The molecule has 0 saturated heterocycles. The minimum absolute atomic E-state index is 0.161. The van der Waals surface area contributed by atoms with Crippen LogP contribution in [0.2, 0.25) is 0 Å². The Morgan fingerprint density at radius 1 is 1.07 bits per heavy atom. The second-order valence-electron chi connectivity index (χ2n) is 10.6. The summed E-state index contributed by atoms with van der Waals surface area (Å²) < 4.78 is 5.17. The van der Waals surface area contributed by atoms with Crippen molar-refractivity contribution in [2.45, 2.75) is 77.2 Å². The van der Waals surface area contributed by atoms with Gasteiger partial charge in [0.05, 0.1) is 0 Å². The highest BCUT2D eigenvalue weighted by atomic mass is 16.5. The Labute approximate surface area is 164 Å². The molecule has 4 rings (SSSR count). The molecule has 0 aromatic rings. The topological polar surface area (TPSA) is 46.5 Å². The zero-order chi connectivity index (χ0) is 19.4. The lowest BCUT2D eigenvalue weighted by atomic mass is 9.44. The molecule has 0 aromatic carbocycles. The summed E-state index contributed by atoms with van der Waals surface area (Å²) in [5.74, 6) is 5.87. The number of terminal acetylenes is 1. The number of aliphatic hydroxyl groups is 1. The molecule has 0 spiro atoms. The van der Waals surface area contributed by atoms with E-state index in [0.717, 1.165) is 37.5 Å². The first kappa shape index (κ1) is 19.5. The molecule has 4 aliphatic carbocycles. The van der Waals surface area contributed by atoms with Crippen LogP contribution < -0.4 is 0 Å². The highest BCUT2D eigenvalue weighted by molar-refractivity contribution is 5.83. The highest BCUT2D eigenvalue weighted by Gasteiger charge is 2.61. The molecule has 0 aliphatic heterocycles. The molecular formula is C24H36O3.